The maximum Gasteiger partial charge on any atom is 0.140 e. The molecule has 0 atom stereocenters. The molecule has 0 saturated heterocycles. The van der Waals surface area contributed by atoms with E-state index in [0.29, 0.717) is 0 Å². The van der Waals surface area contributed by atoms with Crippen LogP contribution in [0.15, 0.2) is 66.7 Å². The molecule has 0 unspecified atom stereocenters. The minimum atomic E-state index is 0. The van der Waals surface area contributed by atoms with E-state index < -0.39 is 0 Å². The number of rotatable bonds is 3. The summed E-state index contributed by atoms with van der Waals surface area (Å²) in [6.07, 6.45) is 0. The Labute approximate surface area is 209 Å². The first-order chi connectivity index (χ1) is 9.45. The van der Waals surface area contributed by atoms with E-state index in [1.807, 2.05) is 54.6 Å². The van der Waals surface area contributed by atoms with Crippen molar-refractivity contribution in [2.75, 3.05) is 0 Å². The molecule has 3 aromatic carbocycles. The average molecular weight is 505 g/mol. The van der Waals surface area contributed by atoms with Crippen LogP contribution in [0.2, 0.25) is 0 Å². The molecular weight excluding hydrogens is 494 g/mol. The van der Waals surface area contributed by atoms with E-state index in [2.05, 4.69) is 36.4 Å². The zero-order valence-electron chi connectivity index (χ0n) is 12.2. The van der Waals surface area contributed by atoms with Gasteiger partial charge in [-0.25, -0.2) is 0 Å². The number of hydrogen-bond donors (Lipinski definition) is 0. The van der Waals surface area contributed by atoms with Crippen LogP contribution >= 0.6 is 0 Å². The summed E-state index contributed by atoms with van der Waals surface area (Å²) in [6, 6.07) is 35.0. The normalized spacial score (nSPS) is 8.73. The Hall–Kier alpha value is 1.04. The van der Waals surface area contributed by atoms with Gasteiger partial charge in [0.1, 0.15) is 6.71 Å². The second-order valence-corrected chi connectivity index (χ2v) is 4.30. The van der Waals surface area contributed by atoms with E-state index in [1.165, 1.54) is 0 Å². The van der Waals surface area contributed by atoms with Crippen LogP contribution in [0.5, 0.6) is 0 Å². The van der Waals surface area contributed by atoms with Crippen LogP contribution in [-0.2, 0) is 98.1 Å². The van der Waals surface area contributed by atoms with Crippen molar-refractivity contribution in [2.24, 2.45) is 0 Å². The molecule has 22 heavy (non-hydrogen) atoms. The first-order valence-electron chi connectivity index (χ1n) is 6.26. The molecular formula is C18H11BY3-4. The molecule has 0 saturated carbocycles. The quantitative estimate of drug-likeness (QED) is 0.374. The molecule has 0 aliphatic rings. The van der Waals surface area contributed by atoms with Crippen LogP contribution in [0, 0.1) is 24.3 Å². The van der Waals surface area contributed by atoms with Crippen molar-refractivity contribution >= 4 is 23.1 Å². The first-order valence-corrected chi connectivity index (χ1v) is 6.26. The molecule has 0 nitrogen and oxygen atoms in total. The summed E-state index contributed by atoms with van der Waals surface area (Å²) in [5.41, 5.74) is 3.25. The van der Waals surface area contributed by atoms with E-state index in [9.17, 15) is 0 Å². The molecule has 3 aromatic rings. The Bertz CT molecular complexity index is 536. The van der Waals surface area contributed by atoms with Crippen molar-refractivity contribution < 1.29 is 98.1 Å². The first kappa shape index (κ1) is 23.0. The van der Waals surface area contributed by atoms with Gasteiger partial charge in [0.25, 0.3) is 0 Å². The largest absolute Gasteiger partial charge is 0.364 e. The van der Waals surface area contributed by atoms with Crippen LogP contribution in [0.3, 0.4) is 0 Å². The number of hydrogen-bond acceptors (Lipinski definition) is 0. The zero-order chi connectivity index (χ0) is 12.9. The Morgan fingerprint density at radius 3 is 1.41 bits per heavy atom. The summed E-state index contributed by atoms with van der Waals surface area (Å²) in [7, 11) is 0. The van der Waals surface area contributed by atoms with Crippen molar-refractivity contribution in [1.29, 1.82) is 0 Å². The van der Waals surface area contributed by atoms with E-state index in [1.54, 1.807) is 0 Å². The monoisotopic (exact) mass is 505 g/mol. The molecule has 0 bridgehead atoms. The van der Waals surface area contributed by atoms with Gasteiger partial charge in [0, 0.05) is 98.1 Å². The molecule has 4 heteroatoms. The van der Waals surface area contributed by atoms with Gasteiger partial charge >= 0.3 is 0 Å². The van der Waals surface area contributed by atoms with Gasteiger partial charge in [0.2, 0.25) is 0 Å². The molecule has 0 N–H and O–H groups in total. The SMILES string of the molecule is [Y].[Y].[Y].[c-]1ccc[c-]c1B(c1[c-]cccc1)c1[c-]cccc1. The second kappa shape index (κ2) is 12.4. The third-order valence-electron chi connectivity index (χ3n) is 3.05. The van der Waals surface area contributed by atoms with Crippen molar-refractivity contribution in [3.63, 3.8) is 0 Å². The smallest absolute Gasteiger partial charge is 0.140 e. The van der Waals surface area contributed by atoms with Crippen molar-refractivity contribution in [2.45, 2.75) is 0 Å². The summed E-state index contributed by atoms with van der Waals surface area (Å²) >= 11 is 0. The van der Waals surface area contributed by atoms with Crippen molar-refractivity contribution in [3.05, 3.63) is 91.0 Å². The summed E-state index contributed by atoms with van der Waals surface area (Å²) < 4.78 is 0. The summed E-state index contributed by atoms with van der Waals surface area (Å²) in [5, 5.41) is 0. The van der Waals surface area contributed by atoms with Gasteiger partial charge < -0.3 is 17.6 Å². The van der Waals surface area contributed by atoms with E-state index >= 15 is 0 Å². The molecule has 0 aliphatic heterocycles. The average Bonchev–Trinajstić information content (AvgIpc) is 2.51. The molecule has 3 rings (SSSR count). The van der Waals surface area contributed by atoms with Crippen molar-refractivity contribution in [1.82, 2.24) is 0 Å². The molecule has 0 spiro atoms. The maximum absolute atomic E-state index is 3.31. The van der Waals surface area contributed by atoms with Crippen LogP contribution in [0.25, 0.3) is 0 Å². The molecule has 0 heterocycles. The Kier molecular flexibility index (Phi) is 13.0. The van der Waals surface area contributed by atoms with Crippen LogP contribution < -0.4 is 16.4 Å². The fourth-order valence-electron chi connectivity index (χ4n) is 2.18. The Morgan fingerprint density at radius 2 is 1.00 bits per heavy atom. The van der Waals surface area contributed by atoms with Gasteiger partial charge in [-0.2, -0.15) is 71.6 Å². The standard InChI is InChI=1S/C18H11B.3Y/c1-4-10-16(11-5-1)19(17-12-6-2-7-13-17)18-14-8-3-9-15-18;;;/h1-10,12H;;;/q-4;;;. The molecule has 99 valence electrons. The molecule has 0 fully saturated rings. The van der Waals surface area contributed by atoms with Gasteiger partial charge in [-0.1, -0.05) is 0 Å². The van der Waals surface area contributed by atoms with Gasteiger partial charge in [-0.15, -0.1) is 0 Å². The minimum absolute atomic E-state index is 0. The number of benzene rings is 3. The fraction of sp³-hybridized carbons (Fsp3) is 0. The predicted octanol–water partition coefficient (Wildman–Crippen LogP) is 1.40. The Balaban J connectivity index is 0.00000147. The molecule has 0 aliphatic carbocycles. The third-order valence-corrected chi connectivity index (χ3v) is 3.05. The molecule has 0 aromatic heterocycles. The van der Waals surface area contributed by atoms with Crippen LogP contribution in [0.1, 0.15) is 0 Å². The fourth-order valence-corrected chi connectivity index (χ4v) is 2.18. The molecule has 0 amide bonds. The van der Waals surface area contributed by atoms with Gasteiger partial charge in [0.05, 0.1) is 0 Å². The van der Waals surface area contributed by atoms with Crippen molar-refractivity contribution in [3.8, 4) is 0 Å². The second-order valence-electron chi connectivity index (χ2n) is 4.30. The Morgan fingerprint density at radius 1 is 0.545 bits per heavy atom. The minimum Gasteiger partial charge on any atom is -0.364 e. The van der Waals surface area contributed by atoms with E-state index in [-0.39, 0.29) is 105 Å². The summed E-state index contributed by atoms with van der Waals surface area (Å²) in [5.74, 6) is 0. The summed E-state index contributed by atoms with van der Waals surface area (Å²) in [4.78, 5) is 0. The van der Waals surface area contributed by atoms with Crippen LogP contribution in [0.4, 0.5) is 0 Å². The van der Waals surface area contributed by atoms with Gasteiger partial charge in [0.15, 0.2) is 0 Å². The zero-order valence-corrected chi connectivity index (χ0v) is 20.7. The topological polar surface area (TPSA) is 0 Å². The van der Waals surface area contributed by atoms with E-state index in [4.69, 9.17) is 0 Å². The van der Waals surface area contributed by atoms with Gasteiger partial charge in [-0.05, 0) is 0 Å². The van der Waals surface area contributed by atoms with Crippen LogP contribution in [-0.4, -0.2) is 6.71 Å². The predicted molar refractivity (Wildman–Crippen MR) is 79.3 cm³/mol. The molecule has 3 radical (unpaired) electrons. The van der Waals surface area contributed by atoms with Gasteiger partial charge in [-0.3, -0.25) is 18.2 Å². The third kappa shape index (κ3) is 6.16. The maximum atomic E-state index is 3.31. The summed E-state index contributed by atoms with van der Waals surface area (Å²) in [6.45, 7) is 0.0867. The van der Waals surface area contributed by atoms with E-state index in [0.717, 1.165) is 16.4 Å².